The first-order valence-electron chi connectivity index (χ1n) is 10.5. The average Bonchev–Trinajstić information content (AvgIpc) is 2.76. The lowest BCUT2D eigenvalue weighted by atomic mass is 9.89. The van der Waals surface area contributed by atoms with Crippen LogP contribution >= 0.6 is 27.5 Å². The topological polar surface area (TPSA) is 86.7 Å². The molecule has 2 N–H and O–H groups in total. The predicted molar refractivity (Wildman–Crippen MR) is 127 cm³/mol. The molecule has 0 spiro atoms. The van der Waals surface area contributed by atoms with E-state index in [1.807, 2.05) is 38.1 Å². The maximum Gasteiger partial charge on any atom is 0.335 e. The molecule has 0 aromatic heterocycles. The van der Waals surface area contributed by atoms with E-state index in [2.05, 4.69) is 21.2 Å². The van der Waals surface area contributed by atoms with Crippen LogP contribution < -0.4 is 5.32 Å². The number of likely N-dealkylation sites (tertiary alicyclic amines) is 1. The molecule has 0 radical (unpaired) electrons. The van der Waals surface area contributed by atoms with Gasteiger partial charge in [0.2, 0.25) is 5.91 Å². The molecule has 3 rings (SSSR count). The highest BCUT2D eigenvalue weighted by Crippen LogP contribution is 2.29. The van der Waals surface area contributed by atoms with Crippen molar-refractivity contribution in [2.24, 2.45) is 5.92 Å². The van der Waals surface area contributed by atoms with E-state index in [9.17, 15) is 19.5 Å². The van der Waals surface area contributed by atoms with E-state index in [1.54, 1.807) is 11.0 Å². The third-order valence-corrected chi connectivity index (χ3v) is 6.48. The van der Waals surface area contributed by atoms with Crippen molar-refractivity contribution in [2.75, 3.05) is 13.1 Å². The molecule has 2 amide bonds. The zero-order valence-corrected chi connectivity index (χ0v) is 20.3. The summed E-state index contributed by atoms with van der Waals surface area (Å²) in [6.07, 6.45) is 1.69. The summed E-state index contributed by atoms with van der Waals surface area (Å²) in [4.78, 5) is 39.2. The van der Waals surface area contributed by atoms with Crippen LogP contribution in [0, 0.1) is 5.92 Å². The standard InChI is InChI=1S/C24H26BrClN2O4/c1-14(2)21(27-22(29)17-11-18(24(31)32)13-19(25)12-17)23(30)28-9-7-16(8-10-28)15-3-5-20(26)6-4-15/h3-6,11-14,16,21H,7-10H2,1-2H3,(H,27,29)(H,31,32)/t21-/m1/s1. The Kier molecular flexibility index (Phi) is 7.96. The van der Waals surface area contributed by atoms with E-state index in [0.29, 0.717) is 28.5 Å². The third-order valence-electron chi connectivity index (χ3n) is 5.77. The number of carboxylic acid groups (broad SMARTS) is 1. The van der Waals surface area contributed by atoms with Crippen LogP contribution in [-0.4, -0.2) is 46.9 Å². The Labute approximate surface area is 201 Å². The number of nitrogens with zero attached hydrogens (tertiary/aromatic N) is 1. The van der Waals surface area contributed by atoms with Crippen molar-refractivity contribution < 1.29 is 19.5 Å². The van der Waals surface area contributed by atoms with Gasteiger partial charge in [-0.05, 0) is 60.6 Å². The first-order valence-corrected chi connectivity index (χ1v) is 11.7. The Balaban J connectivity index is 1.67. The van der Waals surface area contributed by atoms with Gasteiger partial charge in [0.25, 0.3) is 5.91 Å². The van der Waals surface area contributed by atoms with Crippen molar-refractivity contribution in [1.82, 2.24) is 10.2 Å². The Morgan fingerprint density at radius 3 is 2.22 bits per heavy atom. The summed E-state index contributed by atoms with van der Waals surface area (Å²) in [5, 5.41) is 12.8. The summed E-state index contributed by atoms with van der Waals surface area (Å²) in [6, 6.07) is 11.4. The molecule has 1 atom stereocenters. The molecule has 6 nitrogen and oxygen atoms in total. The first kappa shape index (κ1) is 24.3. The van der Waals surface area contributed by atoms with E-state index in [0.717, 1.165) is 12.8 Å². The first-order chi connectivity index (χ1) is 15.2. The molecule has 1 saturated heterocycles. The van der Waals surface area contributed by atoms with Crippen molar-refractivity contribution in [3.05, 3.63) is 68.7 Å². The lowest BCUT2D eigenvalue weighted by Gasteiger charge is -2.35. The van der Waals surface area contributed by atoms with Crippen LogP contribution in [-0.2, 0) is 4.79 Å². The highest BCUT2D eigenvalue weighted by Gasteiger charge is 2.32. The van der Waals surface area contributed by atoms with E-state index in [1.165, 1.54) is 17.7 Å². The molecular formula is C24H26BrClN2O4. The Morgan fingerprint density at radius 2 is 1.66 bits per heavy atom. The van der Waals surface area contributed by atoms with Crippen LogP contribution in [0.2, 0.25) is 5.02 Å². The summed E-state index contributed by atoms with van der Waals surface area (Å²) < 4.78 is 0.485. The van der Waals surface area contributed by atoms with Crippen LogP contribution in [0.5, 0.6) is 0 Å². The average molecular weight is 522 g/mol. The fraction of sp³-hybridized carbons (Fsp3) is 0.375. The zero-order chi connectivity index (χ0) is 23.4. The van der Waals surface area contributed by atoms with Crippen molar-refractivity contribution in [2.45, 2.75) is 38.6 Å². The normalized spacial score (nSPS) is 15.5. The van der Waals surface area contributed by atoms with Gasteiger partial charge in [0.05, 0.1) is 5.56 Å². The van der Waals surface area contributed by atoms with Gasteiger partial charge in [-0.25, -0.2) is 4.79 Å². The van der Waals surface area contributed by atoms with Crippen LogP contribution in [0.1, 0.15) is 58.9 Å². The minimum atomic E-state index is -1.12. The van der Waals surface area contributed by atoms with Gasteiger partial charge in [-0.2, -0.15) is 0 Å². The number of benzene rings is 2. The molecule has 170 valence electrons. The number of carboxylic acids is 1. The monoisotopic (exact) mass is 520 g/mol. The molecule has 0 bridgehead atoms. The molecule has 2 aromatic rings. The second kappa shape index (κ2) is 10.5. The van der Waals surface area contributed by atoms with Crippen molar-refractivity contribution >= 4 is 45.3 Å². The number of hydrogen-bond acceptors (Lipinski definition) is 3. The minimum Gasteiger partial charge on any atom is -0.478 e. The Morgan fingerprint density at radius 1 is 1.06 bits per heavy atom. The van der Waals surface area contributed by atoms with Gasteiger partial charge in [-0.3, -0.25) is 9.59 Å². The Bertz CT molecular complexity index is 1000. The van der Waals surface area contributed by atoms with Crippen molar-refractivity contribution in [1.29, 1.82) is 0 Å². The van der Waals surface area contributed by atoms with Gasteiger partial charge >= 0.3 is 5.97 Å². The van der Waals surface area contributed by atoms with Crippen LogP contribution in [0.3, 0.4) is 0 Å². The van der Waals surface area contributed by atoms with Crippen molar-refractivity contribution in [3.8, 4) is 0 Å². The minimum absolute atomic E-state index is 0.00113. The van der Waals surface area contributed by atoms with Gasteiger partial charge in [0.1, 0.15) is 6.04 Å². The predicted octanol–water partition coefficient (Wildman–Crippen LogP) is 4.96. The van der Waals surface area contributed by atoms with Gasteiger partial charge in [0, 0.05) is 28.1 Å². The van der Waals surface area contributed by atoms with Gasteiger partial charge < -0.3 is 15.3 Å². The molecule has 1 aliphatic heterocycles. The molecule has 1 fully saturated rings. The maximum atomic E-state index is 13.2. The fourth-order valence-corrected chi connectivity index (χ4v) is 4.57. The largest absolute Gasteiger partial charge is 0.478 e. The number of nitrogens with one attached hydrogen (secondary N) is 1. The van der Waals surface area contributed by atoms with Gasteiger partial charge in [0.15, 0.2) is 0 Å². The summed E-state index contributed by atoms with van der Waals surface area (Å²) >= 11 is 9.22. The number of carbonyl (C=O) groups excluding carboxylic acids is 2. The molecule has 2 aromatic carbocycles. The van der Waals surface area contributed by atoms with Gasteiger partial charge in [-0.1, -0.05) is 53.5 Å². The van der Waals surface area contributed by atoms with E-state index >= 15 is 0 Å². The maximum absolute atomic E-state index is 13.2. The SMILES string of the molecule is CC(C)[C@@H](NC(=O)c1cc(Br)cc(C(=O)O)c1)C(=O)N1CCC(c2ccc(Cl)cc2)CC1. The molecule has 32 heavy (non-hydrogen) atoms. The highest BCUT2D eigenvalue weighted by molar-refractivity contribution is 9.10. The summed E-state index contributed by atoms with van der Waals surface area (Å²) in [7, 11) is 0. The van der Waals surface area contributed by atoms with E-state index in [-0.39, 0.29) is 23.0 Å². The molecule has 0 unspecified atom stereocenters. The van der Waals surface area contributed by atoms with Crippen LogP contribution in [0.15, 0.2) is 46.9 Å². The summed E-state index contributed by atoms with van der Waals surface area (Å²) in [6.45, 7) is 5.00. The summed E-state index contributed by atoms with van der Waals surface area (Å²) in [5.74, 6) is -1.46. The number of aromatic carboxylic acids is 1. The quantitative estimate of drug-likeness (QED) is 0.562. The second-order valence-corrected chi connectivity index (χ2v) is 9.73. The second-order valence-electron chi connectivity index (χ2n) is 8.38. The third kappa shape index (κ3) is 5.90. The lowest BCUT2D eigenvalue weighted by Crippen LogP contribution is -2.52. The molecule has 1 heterocycles. The van der Waals surface area contributed by atoms with E-state index < -0.39 is 17.9 Å². The summed E-state index contributed by atoms with van der Waals surface area (Å²) in [5.41, 5.74) is 1.41. The molecular weight excluding hydrogens is 496 g/mol. The highest BCUT2D eigenvalue weighted by atomic mass is 79.9. The number of piperidine rings is 1. The zero-order valence-electron chi connectivity index (χ0n) is 18.0. The molecule has 1 aliphatic rings. The Hall–Kier alpha value is -2.38. The van der Waals surface area contributed by atoms with E-state index in [4.69, 9.17) is 11.6 Å². The number of hydrogen-bond donors (Lipinski definition) is 2. The lowest BCUT2D eigenvalue weighted by molar-refractivity contribution is -0.135. The number of amides is 2. The molecule has 8 heteroatoms. The van der Waals surface area contributed by atoms with Crippen molar-refractivity contribution in [3.63, 3.8) is 0 Å². The van der Waals surface area contributed by atoms with Crippen LogP contribution in [0.25, 0.3) is 0 Å². The number of carbonyl (C=O) groups is 3. The van der Waals surface area contributed by atoms with Gasteiger partial charge in [-0.15, -0.1) is 0 Å². The number of halogens is 2. The fourth-order valence-electron chi connectivity index (χ4n) is 3.95. The molecule has 0 saturated carbocycles. The molecule has 0 aliphatic carbocycles. The smallest absolute Gasteiger partial charge is 0.335 e. The number of rotatable bonds is 6. The van der Waals surface area contributed by atoms with Crippen LogP contribution in [0.4, 0.5) is 0 Å².